The van der Waals surface area contributed by atoms with Gasteiger partial charge < -0.3 is 15.4 Å². The molecule has 1 saturated carbocycles. The molecule has 0 aromatic rings. The number of carbonyl (C=O) groups is 1. The molecule has 126 valence electrons. The average Bonchev–Trinajstić information content (AvgIpc) is 2.30. The Balaban J connectivity index is 2.41. The first-order valence-corrected chi connectivity index (χ1v) is 8.16. The SMILES string of the molecule is CC(C)(CCC#N)CNCC1(NC(=O)OC(C)(C)C)CCC1. The molecule has 0 heterocycles. The number of hydrogen-bond donors (Lipinski definition) is 2. The molecule has 0 bridgehead atoms. The Bertz CT molecular complexity index is 415. The van der Waals surface area contributed by atoms with Crippen LogP contribution in [0.3, 0.4) is 0 Å². The Morgan fingerprint density at radius 3 is 2.36 bits per heavy atom. The van der Waals surface area contributed by atoms with E-state index in [0.29, 0.717) is 6.42 Å². The van der Waals surface area contributed by atoms with E-state index in [4.69, 9.17) is 10.00 Å². The molecular weight excluding hydrogens is 278 g/mol. The number of nitrogens with one attached hydrogen (secondary N) is 2. The molecule has 5 heteroatoms. The zero-order valence-corrected chi connectivity index (χ0v) is 14.7. The predicted octanol–water partition coefficient (Wildman–Crippen LogP) is 3.35. The standard InChI is InChI=1S/C17H31N3O2/c1-15(2,3)22-14(21)20-17(9-6-10-17)13-19-12-16(4,5)8-7-11-18/h19H,6-10,12-13H2,1-5H3,(H,20,21). The highest BCUT2D eigenvalue weighted by molar-refractivity contribution is 5.69. The topological polar surface area (TPSA) is 74.2 Å². The highest BCUT2D eigenvalue weighted by Gasteiger charge is 2.39. The van der Waals surface area contributed by atoms with Crippen molar-refractivity contribution in [1.82, 2.24) is 10.6 Å². The van der Waals surface area contributed by atoms with E-state index in [2.05, 4.69) is 30.6 Å². The molecule has 5 nitrogen and oxygen atoms in total. The lowest BCUT2D eigenvalue weighted by Gasteiger charge is -2.43. The Morgan fingerprint density at radius 1 is 1.27 bits per heavy atom. The maximum absolute atomic E-state index is 12.0. The fourth-order valence-electron chi connectivity index (χ4n) is 2.59. The van der Waals surface area contributed by atoms with Crippen LogP contribution in [0.5, 0.6) is 0 Å². The van der Waals surface area contributed by atoms with Gasteiger partial charge in [0.05, 0.1) is 11.6 Å². The second kappa shape index (κ2) is 7.32. The van der Waals surface area contributed by atoms with E-state index in [-0.39, 0.29) is 17.0 Å². The van der Waals surface area contributed by atoms with Gasteiger partial charge in [0.15, 0.2) is 0 Å². The van der Waals surface area contributed by atoms with Crippen LogP contribution in [-0.4, -0.2) is 30.3 Å². The lowest BCUT2D eigenvalue weighted by molar-refractivity contribution is 0.0380. The van der Waals surface area contributed by atoms with Gasteiger partial charge in [0, 0.05) is 19.5 Å². The molecule has 0 spiro atoms. The van der Waals surface area contributed by atoms with E-state index in [1.54, 1.807) is 0 Å². The van der Waals surface area contributed by atoms with Crippen LogP contribution in [0.4, 0.5) is 4.79 Å². The maximum Gasteiger partial charge on any atom is 0.408 e. The summed E-state index contributed by atoms with van der Waals surface area (Å²) in [5.74, 6) is 0. The third kappa shape index (κ3) is 6.65. The summed E-state index contributed by atoms with van der Waals surface area (Å²) in [6, 6.07) is 2.20. The first kappa shape index (κ1) is 18.8. The highest BCUT2D eigenvalue weighted by Crippen LogP contribution is 2.32. The van der Waals surface area contributed by atoms with Crippen molar-refractivity contribution in [1.29, 1.82) is 5.26 Å². The molecule has 0 aromatic heterocycles. The van der Waals surface area contributed by atoms with Gasteiger partial charge in [-0.3, -0.25) is 0 Å². The van der Waals surface area contributed by atoms with Crippen LogP contribution in [-0.2, 0) is 4.74 Å². The van der Waals surface area contributed by atoms with E-state index in [9.17, 15) is 4.79 Å². The van der Waals surface area contributed by atoms with E-state index in [1.807, 2.05) is 20.8 Å². The smallest absolute Gasteiger partial charge is 0.408 e. The summed E-state index contributed by atoms with van der Waals surface area (Å²) in [6.07, 6.45) is 4.22. The Kier molecular flexibility index (Phi) is 6.25. The van der Waals surface area contributed by atoms with E-state index < -0.39 is 5.60 Å². The summed E-state index contributed by atoms with van der Waals surface area (Å²) >= 11 is 0. The molecule has 0 radical (unpaired) electrons. The van der Waals surface area contributed by atoms with E-state index in [1.165, 1.54) is 0 Å². The molecule has 0 atom stereocenters. The third-order valence-corrected chi connectivity index (χ3v) is 4.06. The second-order valence-corrected chi connectivity index (χ2v) is 8.19. The molecule has 1 aliphatic carbocycles. The zero-order valence-electron chi connectivity index (χ0n) is 14.7. The number of alkyl carbamates (subject to hydrolysis) is 1. The number of amides is 1. The van der Waals surface area contributed by atoms with Crippen LogP contribution in [0.2, 0.25) is 0 Å². The number of nitrogens with zero attached hydrogens (tertiary/aromatic N) is 1. The van der Waals surface area contributed by atoms with Gasteiger partial charge in [-0.2, -0.15) is 5.26 Å². The van der Waals surface area contributed by atoms with Crippen molar-refractivity contribution in [2.24, 2.45) is 5.41 Å². The summed E-state index contributed by atoms with van der Waals surface area (Å²) in [6.45, 7) is 11.5. The quantitative estimate of drug-likeness (QED) is 0.756. The minimum atomic E-state index is -0.471. The van der Waals surface area contributed by atoms with Gasteiger partial charge in [0.2, 0.25) is 0 Å². The molecule has 1 fully saturated rings. The van der Waals surface area contributed by atoms with E-state index in [0.717, 1.165) is 38.8 Å². The van der Waals surface area contributed by atoms with Crippen LogP contribution < -0.4 is 10.6 Å². The second-order valence-electron chi connectivity index (χ2n) is 8.19. The number of ether oxygens (including phenoxy) is 1. The van der Waals surface area contributed by atoms with Crippen molar-refractivity contribution < 1.29 is 9.53 Å². The molecular formula is C17H31N3O2. The minimum absolute atomic E-state index is 0.0899. The molecule has 0 unspecified atom stereocenters. The Morgan fingerprint density at radius 2 is 1.91 bits per heavy atom. The molecule has 1 rings (SSSR count). The van der Waals surface area contributed by atoms with Crippen LogP contribution >= 0.6 is 0 Å². The van der Waals surface area contributed by atoms with Crippen LogP contribution in [0, 0.1) is 16.7 Å². The molecule has 1 aliphatic rings. The Labute approximate surface area is 134 Å². The van der Waals surface area contributed by atoms with E-state index >= 15 is 0 Å². The first-order valence-electron chi connectivity index (χ1n) is 8.16. The van der Waals surface area contributed by atoms with Gasteiger partial charge in [-0.05, 0) is 51.9 Å². The van der Waals surface area contributed by atoms with Gasteiger partial charge in [-0.1, -0.05) is 13.8 Å². The summed E-state index contributed by atoms with van der Waals surface area (Å²) in [5, 5.41) is 15.2. The lowest BCUT2D eigenvalue weighted by atomic mass is 9.76. The normalized spacial score (nSPS) is 17.3. The summed E-state index contributed by atoms with van der Waals surface area (Å²) in [4.78, 5) is 12.0. The molecule has 0 aromatic carbocycles. The van der Waals surface area contributed by atoms with Crippen LogP contribution in [0.1, 0.15) is 66.7 Å². The lowest BCUT2D eigenvalue weighted by Crippen LogP contribution is -2.60. The number of nitriles is 1. The molecule has 2 N–H and O–H groups in total. The third-order valence-electron chi connectivity index (χ3n) is 4.06. The zero-order chi connectivity index (χ0) is 16.9. The first-order chi connectivity index (χ1) is 10.1. The number of hydrogen-bond acceptors (Lipinski definition) is 4. The molecule has 0 saturated heterocycles. The van der Waals surface area contributed by atoms with Crippen LogP contribution in [0.25, 0.3) is 0 Å². The molecule has 1 amide bonds. The average molecular weight is 309 g/mol. The summed E-state index contributed by atoms with van der Waals surface area (Å²) < 4.78 is 5.36. The van der Waals surface area contributed by atoms with Crippen molar-refractivity contribution in [2.45, 2.75) is 77.9 Å². The molecule has 0 aliphatic heterocycles. The van der Waals surface area contributed by atoms with Crippen LogP contribution in [0.15, 0.2) is 0 Å². The van der Waals surface area contributed by atoms with Crippen molar-refractivity contribution in [3.63, 3.8) is 0 Å². The fraction of sp³-hybridized carbons (Fsp3) is 0.882. The van der Waals surface area contributed by atoms with Gasteiger partial charge in [0.1, 0.15) is 5.60 Å². The largest absolute Gasteiger partial charge is 0.444 e. The van der Waals surface area contributed by atoms with Gasteiger partial charge in [-0.25, -0.2) is 4.79 Å². The summed E-state index contributed by atoms with van der Waals surface area (Å²) in [5.41, 5.74) is -0.554. The van der Waals surface area contributed by atoms with Crippen molar-refractivity contribution in [3.05, 3.63) is 0 Å². The van der Waals surface area contributed by atoms with Crippen molar-refractivity contribution in [3.8, 4) is 6.07 Å². The fourth-order valence-corrected chi connectivity index (χ4v) is 2.59. The summed E-state index contributed by atoms with van der Waals surface area (Å²) in [7, 11) is 0. The maximum atomic E-state index is 12.0. The minimum Gasteiger partial charge on any atom is -0.444 e. The Hall–Kier alpha value is -1.28. The van der Waals surface area contributed by atoms with Crippen molar-refractivity contribution >= 4 is 6.09 Å². The highest BCUT2D eigenvalue weighted by atomic mass is 16.6. The van der Waals surface area contributed by atoms with Crippen molar-refractivity contribution in [2.75, 3.05) is 13.1 Å². The number of carbonyl (C=O) groups excluding carboxylic acids is 1. The predicted molar refractivity (Wildman–Crippen MR) is 87.4 cm³/mol. The van der Waals surface area contributed by atoms with Gasteiger partial charge in [-0.15, -0.1) is 0 Å². The monoisotopic (exact) mass is 309 g/mol. The molecule has 22 heavy (non-hydrogen) atoms. The number of rotatable bonds is 7. The van der Waals surface area contributed by atoms with Gasteiger partial charge >= 0.3 is 6.09 Å². The van der Waals surface area contributed by atoms with Gasteiger partial charge in [0.25, 0.3) is 0 Å².